The van der Waals surface area contributed by atoms with E-state index in [1.165, 1.54) is 32.1 Å². The minimum Gasteiger partial charge on any atom is -0.303 e. The van der Waals surface area contributed by atoms with Crippen LogP contribution in [0.15, 0.2) is 12.2 Å². The summed E-state index contributed by atoms with van der Waals surface area (Å²) in [6, 6.07) is 0. The zero-order valence-electron chi connectivity index (χ0n) is 8.54. The van der Waals surface area contributed by atoms with E-state index in [4.69, 9.17) is 0 Å². The second kappa shape index (κ2) is 5.95. The minimum atomic E-state index is 0.288. The number of hydrogen-bond acceptors (Lipinski definition) is 1. The number of carbonyl (C=O) groups is 1. The molecule has 74 valence electrons. The van der Waals surface area contributed by atoms with E-state index >= 15 is 0 Å². The van der Waals surface area contributed by atoms with Crippen LogP contribution >= 0.6 is 0 Å². The van der Waals surface area contributed by atoms with Gasteiger partial charge < -0.3 is 4.79 Å². The van der Waals surface area contributed by atoms with Gasteiger partial charge in [0.1, 0.15) is 6.29 Å². The molecule has 0 aromatic heterocycles. The van der Waals surface area contributed by atoms with Crippen molar-refractivity contribution >= 4 is 6.29 Å². The molecule has 0 bridgehead atoms. The molecule has 1 nitrogen and oxygen atoms in total. The molecule has 13 heavy (non-hydrogen) atoms. The summed E-state index contributed by atoms with van der Waals surface area (Å²) in [5.74, 6) is 0.957. The van der Waals surface area contributed by atoms with Gasteiger partial charge in [0.25, 0.3) is 0 Å². The van der Waals surface area contributed by atoms with Gasteiger partial charge in [-0.05, 0) is 32.1 Å². The molecule has 1 atom stereocenters. The van der Waals surface area contributed by atoms with Crippen LogP contribution in [0.4, 0.5) is 0 Å². The Morgan fingerprint density at radius 3 is 2.54 bits per heavy atom. The van der Waals surface area contributed by atoms with E-state index in [9.17, 15) is 4.79 Å². The predicted octanol–water partition coefficient (Wildman–Crippen LogP) is 3.35. The molecule has 0 aromatic carbocycles. The lowest BCUT2D eigenvalue weighted by Crippen LogP contribution is -2.18. The van der Waals surface area contributed by atoms with Crippen molar-refractivity contribution in [3.63, 3.8) is 0 Å². The molecule has 0 spiro atoms. The molecule has 1 aliphatic carbocycles. The Kier molecular flexibility index (Phi) is 4.81. The summed E-state index contributed by atoms with van der Waals surface area (Å²) in [4.78, 5) is 10.9. The Bertz CT molecular complexity index is 166. The molecule has 1 heteroatoms. The van der Waals surface area contributed by atoms with Gasteiger partial charge >= 0.3 is 0 Å². The SMILES string of the molecule is C/C=C/CC(C=O)C1CCCCC1. The Labute approximate surface area is 81.2 Å². The molecule has 1 rings (SSSR count). The molecule has 1 unspecified atom stereocenters. The number of rotatable bonds is 4. The highest BCUT2D eigenvalue weighted by Crippen LogP contribution is 2.30. The lowest BCUT2D eigenvalue weighted by atomic mass is 9.79. The molecule has 0 aromatic rings. The van der Waals surface area contributed by atoms with Gasteiger partial charge in [-0.15, -0.1) is 0 Å². The first-order chi connectivity index (χ1) is 6.38. The van der Waals surface area contributed by atoms with Crippen LogP contribution in [-0.4, -0.2) is 6.29 Å². The van der Waals surface area contributed by atoms with Gasteiger partial charge in [0.2, 0.25) is 0 Å². The second-order valence-corrected chi connectivity index (χ2v) is 4.00. The molecule has 1 aliphatic rings. The lowest BCUT2D eigenvalue weighted by Gasteiger charge is -2.25. The number of aldehydes is 1. The van der Waals surface area contributed by atoms with Gasteiger partial charge in [-0.2, -0.15) is 0 Å². The van der Waals surface area contributed by atoms with Crippen LogP contribution in [0.1, 0.15) is 45.4 Å². The smallest absolute Gasteiger partial charge is 0.123 e. The quantitative estimate of drug-likeness (QED) is 0.479. The van der Waals surface area contributed by atoms with Crippen LogP contribution in [0.25, 0.3) is 0 Å². The first kappa shape index (κ1) is 10.5. The van der Waals surface area contributed by atoms with Crippen molar-refractivity contribution in [2.24, 2.45) is 11.8 Å². The number of allylic oxidation sites excluding steroid dienone is 2. The number of hydrogen-bond donors (Lipinski definition) is 0. The molecule has 0 N–H and O–H groups in total. The van der Waals surface area contributed by atoms with Gasteiger partial charge in [-0.3, -0.25) is 0 Å². The van der Waals surface area contributed by atoms with E-state index in [0.717, 1.165) is 12.7 Å². The van der Waals surface area contributed by atoms with Crippen LogP contribution in [0.3, 0.4) is 0 Å². The molecule has 1 saturated carbocycles. The van der Waals surface area contributed by atoms with Crippen LogP contribution in [0.5, 0.6) is 0 Å². The highest BCUT2D eigenvalue weighted by Gasteiger charge is 2.21. The molecular weight excluding hydrogens is 160 g/mol. The third-order valence-electron chi connectivity index (χ3n) is 3.07. The van der Waals surface area contributed by atoms with Crippen LogP contribution in [-0.2, 0) is 4.79 Å². The normalized spacial score (nSPS) is 21.9. The Hall–Kier alpha value is -0.590. The minimum absolute atomic E-state index is 0.288. The van der Waals surface area contributed by atoms with Crippen molar-refractivity contribution in [1.29, 1.82) is 0 Å². The predicted molar refractivity (Wildman–Crippen MR) is 55.6 cm³/mol. The van der Waals surface area contributed by atoms with Crippen molar-refractivity contribution in [3.8, 4) is 0 Å². The maximum Gasteiger partial charge on any atom is 0.123 e. The number of carbonyl (C=O) groups excluding carboxylic acids is 1. The summed E-state index contributed by atoms with van der Waals surface area (Å²) in [5.41, 5.74) is 0. The average molecular weight is 180 g/mol. The van der Waals surface area contributed by atoms with E-state index in [1.54, 1.807) is 0 Å². The standard InChI is InChI=1S/C12H20O/c1-2-3-7-12(10-13)11-8-5-4-6-9-11/h2-3,10-12H,4-9H2,1H3/b3-2+. The first-order valence-electron chi connectivity index (χ1n) is 5.45. The third-order valence-corrected chi connectivity index (χ3v) is 3.07. The molecule has 0 aliphatic heterocycles. The first-order valence-corrected chi connectivity index (χ1v) is 5.45. The lowest BCUT2D eigenvalue weighted by molar-refractivity contribution is -0.112. The van der Waals surface area contributed by atoms with Crippen LogP contribution < -0.4 is 0 Å². The van der Waals surface area contributed by atoms with Crippen molar-refractivity contribution < 1.29 is 4.79 Å². The van der Waals surface area contributed by atoms with E-state index in [1.807, 2.05) is 13.0 Å². The summed E-state index contributed by atoms with van der Waals surface area (Å²) in [7, 11) is 0. The molecule has 1 fully saturated rings. The van der Waals surface area contributed by atoms with Gasteiger partial charge in [-0.1, -0.05) is 31.4 Å². The van der Waals surface area contributed by atoms with E-state index < -0.39 is 0 Å². The summed E-state index contributed by atoms with van der Waals surface area (Å²) in [6.07, 6.45) is 12.8. The Morgan fingerprint density at radius 1 is 1.31 bits per heavy atom. The maximum absolute atomic E-state index is 10.9. The topological polar surface area (TPSA) is 17.1 Å². The van der Waals surface area contributed by atoms with Crippen LogP contribution in [0.2, 0.25) is 0 Å². The van der Waals surface area contributed by atoms with E-state index in [0.29, 0.717) is 5.92 Å². The fraction of sp³-hybridized carbons (Fsp3) is 0.750. The molecule has 0 heterocycles. The molecule has 0 saturated heterocycles. The van der Waals surface area contributed by atoms with E-state index in [-0.39, 0.29) is 5.92 Å². The fourth-order valence-electron chi connectivity index (χ4n) is 2.21. The second-order valence-electron chi connectivity index (χ2n) is 4.00. The monoisotopic (exact) mass is 180 g/mol. The van der Waals surface area contributed by atoms with Gasteiger partial charge in [0.15, 0.2) is 0 Å². The zero-order chi connectivity index (χ0) is 9.52. The van der Waals surface area contributed by atoms with E-state index in [2.05, 4.69) is 6.08 Å². The Balaban J connectivity index is 2.38. The maximum atomic E-state index is 10.9. The fourth-order valence-corrected chi connectivity index (χ4v) is 2.21. The molecule has 0 amide bonds. The zero-order valence-corrected chi connectivity index (χ0v) is 8.54. The van der Waals surface area contributed by atoms with Crippen LogP contribution in [0, 0.1) is 11.8 Å². The summed E-state index contributed by atoms with van der Waals surface area (Å²) in [5, 5.41) is 0. The largest absolute Gasteiger partial charge is 0.303 e. The van der Waals surface area contributed by atoms with Crippen molar-refractivity contribution in [2.75, 3.05) is 0 Å². The van der Waals surface area contributed by atoms with Crippen molar-refractivity contribution in [3.05, 3.63) is 12.2 Å². The third kappa shape index (κ3) is 3.33. The molecule has 0 radical (unpaired) electrons. The highest BCUT2D eigenvalue weighted by atomic mass is 16.1. The molecular formula is C12H20O. The van der Waals surface area contributed by atoms with Gasteiger partial charge in [0.05, 0.1) is 0 Å². The Morgan fingerprint density at radius 2 is 2.00 bits per heavy atom. The van der Waals surface area contributed by atoms with Crippen molar-refractivity contribution in [2.45, 2.75) is 45.4 Å². The average Bonchev–Trinajstić information content (AvgIpc) is 2.21. The van der Waals surface area contributed by atoms with Gasteiger partial charge in [-0.25, -0.2) is 0 Å². The summed E-state index contributed by atoms with van der Waals surface area (Å²) < 4.78 is 0. The highest BCUT2D eigenvalue weighted by molar-refractivity contribution is 5.54. The van der Waals surface area contributed by atoms with Crippen molar-refractivity contribution in [1.82, 2.24) is 0 Å². The summed E-state index contributed by atoms with van der Waals surface area (Å²) in [6.45, 7) is 2.02. The van der Waals surface area contributed by atoms with Gasteiger partial charge in [0, 0.05) is 5.92 Å². The summed E-state index contributed by atoms with van der Waals surface area (Å²) >= 11 is 0.